The molecule has 1 N–H and O–H groups in total. The van der Waals surface area contributed by atoms with Gasteiger partial charge in [0.1, 0.15) is 23.9 Å². The molecule has 4 rings (SSSR count). The number of nitrogens with one attached hydrogen (secondary N) is 1. The maximum atomic E-state index is 12.5. The molecule has 168 valence electrons. The Balaban J connectivity index is 1.34. The van der Waals surface area contributed by atoms with Crippen LogP contribution in [0.25, 0.3) is 5.69 Å². The summed E-state index contributed by atoms with van der Waals surface area (Å²) >= 11 is 1.32. The molecule has 0 bridgehead atoms. The van der Waals surface area contributed by atoms with Crippen molar-refractivity contribution in [2.24, 2.45) is 0 Å². The first-order valence-corrected chi connectivity index (χ1v) is 11.4. The van der Waals surface area contributed by atoms with E-state index in [0.717, 1.165) is 17.0 Å². The number of aromatic nitrogens is 3. The highest BCUT2D eigenvalue weighted by Crippen LogP contribution is 2.28. The number of carbonyl (C=O) groups excluding carboxylic acids is 1. The Morgan fingerprint density at radius 2 is 1.70 bits per heavy atom. The van der Waals surface area contributed by atoms with Gasteiger partial charge in [-0.3, -0.25) is 9.36 Å². The molecule has 0 aliphatic rings. The molecule has 0 spiro atoms. The van der Waals surface area contributed by atoms with Crippen molar-refractivity contribution >= 4 is 23.4 Å². The molecule has 33 heavy (non-hydrogen) atoms. The van der Waals surface area contributed by atoms with Gasteiger partial charge in [0.25, 0.3) is 0 Å². The molecule has 1 heterocycles. The quantitative estimate of drug-likeness (QED) is 0.358. The van der Waals surface area contributed by atoms with Crippen molar-refractivity contribution in [2.75, 3.05) is 18.2 Å². The van der Waals surface area contributed by atoms with Crippen molar-refractivity contribution in [2.45, 2.75) is 18.7 Å². The van der Waals surface area contributed by atoms with Gasteiger partial charge in [-0.05, 0) is 48.9 Å². The predicted molar refractivity (Wildman–Crippen MR) is 129 cm³/mol. The average molecular weight is 461 g/mol. The third-order valence-corrected chi connectivity index (χ3v) is 5.77. The molecular formula is C25H24N4O3S. The first-order valence-electron chi connectivity index (χ1n) is 10.4. The number of ether oxygens (including phenoxy) is 2. The van der Waals surface area contributed by atoms with Crippen LogP contribution in [0.2, 0.25) is 0 Å². The molecule has 3 aromatic carbocycles. The van der Waals surface area contributed by atoms with Crippen LogP contribution in [0.15, 0.2) is 84.0 Å². The molecule has 0 aliphatic heterocycles. The summed E-state index contributed by atoms with van der Waals surface area (Å²) in [5.41, 5.74) is 2.63. The van der Waals surface area contributed by atoms with E-state index in [1.807, 2.05) is 90.4 Å². The number of methoxy groups -OCH3 is 1. The third-order valence-electron chi connectivity index (χ3n) is 4.84. The van der Waals surface area contributed by atoms with E-state index in [2.05, 4.69) is 15.5 Å². The summed E-state index contributed by atoms with van der Waals surface area (Å²) in [5.74, 6) is 2.23. The molecule has 7 nitrogen and oxygen atoms in total. The Morgan fingerprint density at radius 1 is 0.970 bits per heavy atom. The fourth-order valence-electron chi connectivity index (χ4n) is 3.23. The van der Waals surface area contributed by atoms with E-state index in [1.165, 1.54) is 11.8 Å². The summed E-state index contributed by atoms with van der Waals surface area (Å²) in [7, 11) is 1.62. The number of hydrogen-bond donors (Lipinski definition) is 1. The Hall–Kier alpha value is -3.78. The highest BCUT2D eigenvalue weighted by Gasteiger charge is 2.16. The number of benzene rings is 3. The van der Waals surface area contributed by atoms with Gasteiger partial charge in [-0.2, -0.15) is 0 Å². The Kier molecular flexibility index (Phi) is 7.26. The number of anilines is 1. The van der Waals surface area contributed by atoms with E-state index in [1.54, 1.807) is 7.11 Å². The lowest BCUT2D eigenvalue weighted by molar-refractivity contribution is -0.113. The van der Waals surface area contributed by atoms with E-state index in [4.69, 9.17) is 9.47 Å². The topological polar surface area (TPSA) is 78.3 Å². The van der Waals surface area contributed by atoms with Crippen molar-refractivity contribution < 1.29 is 14.3 Å². The Bertz CT molecular complexity index is 1210. The molecule has 4 aromatic rings. The number of amides is 1. The lowest BCUT2D eigenvalue weighted by Crippen LogP contribution is -2.14. The van der Waals surface area contributed by atoms with Gasteiger partial charge in [0.2, 0.25) is 5.91 Å². The summed E-state index contributed by atoms with van der Waals surface area (Å²) in [6.45, 7) is 2.36. The second-order valence-corrected chi connectivity index (χ2v) is 8.12. The van der Waals surface area contributed by atoms with Gasteiger partial charge in [-0.25, -0.2) is 0 Å². The first-order chi connectivity index (χ1) is 16.1. The van der Waals surface area contributed by atoms with Crippen molar-refractivity contribution in [3.05, 3.63) is 90.3 Å². The van der Waals surface area contributed by atoms with Crippen molar-refractivity contribution in [3.8, 4) is 17.2 Å². The van der Waals surface area contributed by atoms with E-state index >= 15 is 0 Å². The molecular weight excluding hydrogens is 436 g/mol. The van der Waals surface area contributed by atoms with Crippen LogP contribution >= 0.6 is 11.8 Å². The standard InChI is InChI=1S/C25H24N4O3S/c1-18-27-28-25(29(18)22-10-6-7-11-23(22)31-2)33-17-24(30)26-20-12-14-21(15-13-20)32-16-19-8-4-3-5-9-19/h3-15H,16-17H2,1-2H3,(H,26,30). The van der Waals surface area contributed by atoms with Crippen molar-refractivity contribution in [1.29, 1.82) is 0 Å². The number of para-hydroxylation sites is 2. The highest BCUT2D eigenvalue weighted by molar-refractivity contribution is 7.99. The molecule has 0 saturated heterocycles. The van der Waals surface area contributed by atoms with E-state index in [9.17, 15) is 4.79 Å². The average Bonchev–Trinajstić information content (AvgIpc) is 3.23. The van der Waals surface area contributed by atoms with E-state index < -0.39 is 0 Å². The highest BCUT2D eigenvalue weighted by atomic mass is 32.2. The SMILES string of the molecule is COc1ccccc1-n1c(C)nnc1SCC(=O)Nc1ccc(OCc2ccccc2)cc1. The van der Waals surface area contributed by atoms with Gasteiger partial charge >= 0.3 is 0 Å². The molecule has 1 amide bonds. The summed E-state index contributed by atoms with van der Waals surface area (Å²) in [6.07, 6.45) is 0. The van der Waals surface area contributed by atoms with E-state index in [0.29, 0.717) is 29.0 Å². The monoisotopic (exact) mass is 460 g/mol. The Labute approximate surface area is 196 Å². The van der Waals surface area contributed by atoms with Crippen LogP contribution in [-0.4, -0.2) is 33.5 Å². The molecule has 0 fully saturated rings. The van der Waals surface area contributed by atoms with Crippen LogP contribution in [-0.2, 0) is 11.4 Å². The van der Waals surface area contributed by atoms with Crippen LogP contribution in [0.4, 0.5) is 5.69 Å². The second kappa shape index (κ2) is 10.7. The zero-order valence-electron chi connectivity index (χ0n) is 18.4. The Morgan fingerprint density at radius 3 is 2.45 bits per heavy atom. The van der Waals surface area contributed by atoms with Gasteiger partial charge in [0, 0.05) is 5.69 Å². The number of nitrogens with zero attached hydrogens (tertiary/aromatic N) is 3. The molecule has 0 unspecified atom stereocenters. The lowest BCUT2D eigenvalue weighted by Gasteiger charge is -2.12. The number of aryl methyl sites for hydroxylation is 1. The molecule has 8 heteroatoms. The molecule has 0 radical (unpaired) electrons. The van der Waals surface area contributed by atoms with Crippen LogP contribution in [0, 0.1) is 6.92 Å². The van der Waals surface area contributed by atoms with Crippen LogP contribution in [0.1, 0.15) is 11.4 Å². The smallest absolute Gasteiger partial charge is 0.234 e. The first kappa shape index (κ1) is 22.4. The van der Waals surface area contributed by atoms with Crippen LogP contribution < -0.4 is 14.8 Å². The number of hydrogen-bond acceptors (Lipinski definition) is 6. The number of carbonyl (C=O) groups is 1. The number of thioether (sulfide) groups is 1. The lowest BCUT2D eigenvalue weighted by atomic mass is 10.2. The largest absolute Gasteiger partial charge is 0.495 e. The van der Waals surface area contributed by atoms with Gasteiger partial charge in [-0.15, -0.1) is 10.2 Å². The second-order valence-electron chi connectivity index (χ2n) is 7.17. The third kappa shape index (κ3) is 5.72. The summed E-state index contributed by atoms with van der Waals surface area (Å²) < 4.78 is 13.1. The predicted octanol–water partition coefficient (Wildman–Crippen LogP) is 4.89. The van der Waals surface area contributed by atoms with Crippen LogP contribution in [0.5, 0.6) is 11.5 Å². The maximum Gasteiger partial charge on any atom is 0.234 e. The molecule has 0 atom stereocenters. The molecule has 0 aliphatic carbocycles. The summed E-state index contributed by atoms with van der Waals surface area (Å²) in [4.78, 5) is 12.5. The maximum absolute atomic E-state index is 12.5. The van der Waals surface area contributed by atoms with Gasteiger partial charge < -0.3 is 14.8 Å². The minimum Gasteiger partial charge on any atom is -0.495 e. The molecule has 0 saturated carbocycles. The fourth-order valence-corrected chi connectivity index (χ4v) is 4.02. The zero-order valence-corrected chi connectivity index (χ0v) is 19.2. The summed E-state index contributed by atoms with van der Waals surface area (Å²) in [6, 6.07) is 24.9. The van der Waals surface area contributed by atoms with Gasteiger partial charge in [0.15, 0.2) is 5.16 Å². The zero-order chi connectivity index (χ0) is 23.0. The minimum absolute atomic E-state index is 0.134. The minimum atomic E-state index is -0.134. The number of rotatable bonds is 9. The van der Waals surface area contributed by atoms with Crippen LogP contribution in [0.3, 0.4) is 0 Å². The normalized spacial score (nSPS) is 10.6. The van der Waals surface area contributed by atoms with Gasteiger partial charge in [-0.1, -0.05) is 54.2 Å². The van der Waals surface area contributed by atoms with Crippen molar-refractivity contribution in [1.82, 2.24) is 14.8 Å². The summed E-state index contributed by atoms with van der Waals surface area (Å²) in [5, 5.41) is 11.9. The fraction of sp³-hybridized carbons (Fsp3) is 0.160. The molecule has 1 aromatic heterocycles. The van der Waals surface area contributed by atoms with Crippen molar-refractivity contribution in [3.63, 3.8) is 0 Å². The van der Waals surface area contributed by atoms with E-state index in [-0.39, 0.29) is 11.7 Å². The van der Waals surface area contributed by atoms with Gasteiger partial charge in [0.05, 0.1) is 18.6 Å².